The van der Waals surface area contributed by atoms with E-state index in [9.17, 15) is 0 Å². The summed E-state index contributed by atoms with van der Waals surface area (Å²) in [6.07, 6.45) is 1.66. The van der Waals surface area contributed by atoms with Gasteiger partial charge in [-0.15, -0.1) is 0 Å². The number of nitrogens with one attached hydrogen (secondary N) is 1. The van der Waals surface area contributed by atoms with Crippen molar-refractivity contribution >= 4 is 11.6 Å². The van der Waals surface area contributed by atoms with Crippen molar-refractivity contribution in [1.82, 2.24) is 10.3 Å². The fourth-order valence-electron chi connectivity index (χ4n) is 1.72. The van der Waals surface area contributed by atoms with Crippen LogP contribution in [-0.4, -0.2) is 11.2 Å². The van der Waals surface area contributed by atoms with E-state index in [-0.39, 0.29) is 6.23 Å². The van der Waals surface area contributed by atoms with Gasteiger partial charge in [0.25, 0.3) is 0 Å². The van der Waals surface area contributed by atoms with Gasteiger partial charge in [-0.2, -0.15) is 0 Å². The molecule has 0 saturated heterocycles. The lowest BCUT2D eigenvalue weighted by Crippen LogP contribution is -2.31. The number of halogens is 1. The fraction of sp³-hybridized carbons (Fsp3) is 0.267. The SMILES string of the molecule is Cc1cccnc1CNC(C)Oc1ccccc1Cl. The summed E-state index contributed by atoms with van der Waals surface area (Å²) in [5.74, 6) is 0.682. The molecule has 1 N–H and O–H groups in total. The van der Waals surface area contributed by atoms with Crippen molar-refractivity contribution in [3.8, 4) is 5.75 Å². The van der Waals surface area contributed by atoms with Gasteiger partial charge in [0, 0.05) is 12.7 Å². The van der Waals surface area contributed by atoms with Crippen LogP contribution in [0.2, 0.25) is 5.02 Å². The monoisotopic (exact) mass is 276 g/mol. The third-order valence-corrected chi connectivity index (χ3v) is 3.13. The Kier molecular flexibility index (Phi) is 4.77. The van der Waals surface area contributed by atoms with E-state index in [1.165, 1.54) is 5.56 Å². The number of aromatic nitrogens is 1. The van der Waals surface area contributed by atoms with E-state index in [0.717, 1.165) is 5.69 Å². The Bertz CT molecular complexity index is 545. The molecule has 3 nitrogen and oxygen atoms in total. The average molecular weight is 277 g/mol. The first-order valence-electron chi connectivity index (χ1n) is 6.22. The number of nitrogens with zero attached hydrogens (tertiary/aromatic N) is 1. The minimum absolute atomic E-state index is 0.138. The van der Waals surface area contributed by atoms with Gasteiger partial charge in [-0.05, 0) is 37.6 Å². The predicted molar refractivity (Wildman–Crippen MR) is 77.4 cm³/mol. The van der Waals surface area contributed by atoms with Crippen LogP contribution in [0.5, 0.6) is 5.75 Å². The predicted octanol–water partition coefficient (Wildman–Crippen LogP) is 3.56. The maximum atomic E-state index is 6.05. The van der Waals surface area contributed by atoms with Crippen molar-refractivity contribution in [3.63, 3.8) is 0 Å². The smallest absolute Gasteiger partial charge is 0.147 e. The fourth-order valence-corrected chi connectivity index (χ4v) is 1.90. The molecule has 0 aliphatic carbocycles. The first-order chi connectivity index (χ1) is 9.16. The Morgan fingerprint density at radius 1 is 1.26 bits per heavy atom. The summed E-state index contributed by atoms with van der Waals surface area (Å²) in [7, 11) is 0. The lowest BCUT2D eigenvalue weighted by atomic mass is 10.2. The minimum atomic E-state index is -0.138. The molecular weight excluding hydrogens is 260 g/mol. The topological polar surface area (TPSA) is 34.2 Å². The van der Waals surface area contributed by atoms with Gasteiger partial charge in [-0.25, -0.2) is 0 Å². The van der Waals surface area contributed by atoms with Gasteiger partial charge in [-0.1, -0.05) is 29.8 Å². The van der Waals surface area contributed by atoms with E-state index in [0.29, 0.717) is 17.3 Å². The van der Waals surface area contributed by atoms with Gasteiger partial charge in [0.05, 0.1) is 10.7 Å². The van der Waals surface area contributed by atoms with Gasteiger partial charge in [0.1, 0.15) is 12.0 Å². The van der Waals surface area contributed by atoms with Crippen molar-refractivity contribution < 1.29 is 4.74 Å². The molecule has 100 valence electrons. The van der Waals surface area contributed by atoms with Crippen LogP contribution in [0.1, 0.15) is 18.2 Å². The van der Waals surface area contributed by atoms with Gasteiger partial charge in [0.15, 0.2) is 0 Å². The molecule has 19 heavy (non-hydrogen) atoms. The summed E-state index contributed by atoms with van der Waals surface area (Å²) in [6.45, 7) is 4.66. The molecule has 2 rings (SSSR count). The molecule has 0 spiro atoms. The van der Waals surface area contributed by atoms with E-state index in [1.54, 1.807) is 6.20 Å². The van der Waals surface area contributed by atoms with Crippen molar-refractivity contribution in [1.29, 1.82) is 0 Å². The molecule has 0 amide bonds. The number of rotatable bonds is 5. The number of benzene rings is 1. The Labute approximate surface area is 118 Å². The number of ether oxygens (including phenoxy) is 1. The molecule has 0 aliphatic rings. The molecule has 4 heteroatoms. The zero-order chi connectivity index (χ0) is 13.7. The second-order valence-corrected chi connectivity index (χ2v) is 4.75. The number of pyridine rings is 1. The van der Waals surface area contributed by atoms with Crippen LogP contribution in [-0.2, 0) is 6.54 Å². The summed E-state index contributed by atoms with van der Waals surface area (Å²) in [6, 6.07) is 11.4. The lowest BCUT2D eigenvalue weighted by molar-refractivity contribution is 0.180. The molecule has 0 bridgehead atoms. The zero-order valence-corrected chi connectivity index (χ0v) is 11.8. The zero-order valence-electron chi connectivity index (χ0n) is 11.1. The Balaban J connectivity index is 1.90. The quantitative estimate of drug-likeness (QED) is 0.848. The summed E-state index contributed by atoms with van der Waals surface area (Å²) < 4.78 is 5.74. The number of aryl methyl sites for hydroxylation is 1. The number of hydrogen-bond donors (Lipinski definition) is 1. The van der Waals surface area contributed by atoms with Crippen molar-refractivity contribution in [3.05, 3.63) is 58.9 Å². The molecule has 0 fully saturated rings. The van der Waals surface area contributed by atoms with Crippen LogP contribution in [0.4, 0.5) is 0 Å². The highest BCUT2D eigenvalue weighted by Gasteiger charge is 2.07. The Morgan fingerprint density at radius 2 is 2.05 bits per heavy atom. The highest BCUT2D eigenvalue weighted by atomic mass is 35.5. The third-order valence-electron chi connectivity index (χ3n) is 2.82. The van der Waals surface area contributed by atoms with E-state index >= 15 is 0 Å². The second kappa shape index (κ2) is 6.55. The average Bonchev–Trinajstić information content (AvgIpc) is 2.40. The maximum absolute atomic E-state index is 6.05. The minimum Gasteiger partial charge on any atom is -0.474 e. The molecule has 2 aromatic rings. The molecule has 1 aromatic heterocycles. The van der Waals surface area contributed by atoms with Crippen LogP contribution in [0.15, 0.2) is 42.6 Å². The molecule has 0 radical (unpaired) electrons. The van der Waals surface area contributed by atoms with E-state index in [4.69, 9.17) is 16.3 Å². The molecule has 0 saturated carbocycles. The third kappa shape index (κ3) is 3.94. The van der Waals surface area contributed by atoms with Crippen LogP contribution in [0, 0.1) is 6.92 Å². The summed E-state index contributed by atoms with van der Waals surface area (Å²) in [5.41, 5.74) is 2.19. The lowest BCUT2D eigenvalue weighted by Gasteiger charge is -2.17. The highest BCUT2D eigenvalue weighted by Crippen LogP contribution is 2.23. The number of hydrogen-bond acceptors (Lipinski definition) is 3. The summed E-state index contributed by atoms with van der Waals surface area (Å²) in [5, 5.41) is 3.89. The van der Waals surface area contributed by atoms with Crippen molar-refractivity contribution in [2.45, 2.75) is 26.6 Å². The standard InChI is InChI=1S/C15H17ClN2O/c1-11-6-5-9-17-14(11)10-18-12(2)19-15-8-4-3-7-13(15)16/h3-9,12,18H,10H2,1-2H3. The molecule has 1 unspecified atom stereocenters. The summed E-state index contributed by atoms with van der Waals surface area (Å²) in [4.78, 5) is 4.33. The molecule has 1 aromatic carbocycles. The molecule has 0 aliphatic heterocycles. The van der Waals surface area contributed by atoms with Crippen molar-refractivity contribution in [2.24, 2.45) is 0 Å². The first-order valence-corrected chi connectivity index (χ1v) is 6.59. The number of para-hydroxylation sites is 1. The first kappa shape index (κ1) is 13.8. The van der Waals surface area contributed by atoms with E-state index in [1.807, 2.05) is 50.2 Å². The molecule has 1 atom stereocenters. The van der Waals surface area contributed by atoms with Gasteiger partial charge in [0.2, 0.25) is 0 Å². The van der Waals surface area contributed by atoms with Crippen LogP contribution < -0.4 is 10.1 Å². The van der Waals surface area contributed by atoms with Crippen LogP contribution in [0.3, 0.4) is 0 Å². The van der Waals surface area contributed by atoms with E-state index < -0.39 is 0 Å². The van der Waals surface area contributed by atoms with Crippen molar-refractivity contribution in [2.75, 3.05) is 0 Å². The van der Waals surface area contributed by atoms with Gasteiger partial charge in [-0.3, -0.25) is 10.3 Å². The Morgan fingerprint density at radius 3 is 2.79 bits per heavy atom. The summed E-state index contributed by atoms with van der Waals surface area (Å²) >= 11 is 6.05. The van der Waals surface area contributed by atoms with Gasteiger partial charge < -0.3 is 4.74 Å². The van der Waals surface area contributed by atoms with E-state index in [2.05, 4.69) is 10.3 Å². The normalized spacial score (nSPS) is 12.2. The maximum Gasteiger partial charge on any atom is 0.147 e. The van der Waals surface area contributed by atoms with Crippen LogP contribution in [0.25, 0.3) is 0 Å². The largest absolute Gasteiger partial charge is 0.474 e. The highest BCUT2D eigenvalue weighted by molar-refractivity contribution is 6.32. The Hall–Kier alpha value is -1.58. The van der Waals surface area contributed by atoms with Crippen LogP contribution >= 0.6 is 11.6 Å². The second-order valence-electron chi connectivity index (χ2n) is 4.34. The molecular formula is C15H17ClN2O. The van der Waals surface area contributed by atoms with Gasteiger partial charge >= 0.3 is 0 Å². The molecule has 1 heterocycles.